The highest BCUT2D eigenvalue weighted by atomic mass is 79.9. The number of fused-ring (bicyclic) bond motifs is 1. The second-order valence-electron chi connectivity index (χ2n) is 8.16. The van der Waals surface area contributed by atoms with Crippen LogP contribution in [-0.2, 0) is 16.4 Å². The number of allylic oxidation sites excluding steroid dienone is 2. The van der Waals surface area contributed by atoms with Crippen LogP contribution in [0.4, 0.5) is 5.82 Å². The summed E-state index contributed by atoms with van der Waals surface area (Å²) in [6.07, 6.45) is 9.08. The maximum atomic E-state index is 12.8. The molecule has 1 aliphatic carbocycles. The zero-order valence-electron chi connectivity index (χ0n) is 18.5. The molecule has 2 aromatic heterocycles. The summed E-state index contributed by atoms with van der Waals surface area (Å²) in [4.78, 5) is 17.3. The number of nitrogens with zero attached hydrogens (tertiary/aromatic N) is 1. The van der Waals surface area contributed by atoms with E-state index in [1.807, 2.05) is 30.3 Å². The fourth-order valence-electron chi connectivity index (χ4n) is 3.75. The molecule has 1 saturated carbocycles. The van der Waals surface area contributed by atoms with Gasteiger partial charge in [0.25, 0.3) is 5.91 Å². The largest absolute Gasteiger partial charge is 0.437 e. The number of pyridine rings is 1. The monoisotopic (exact) mass is 531 g/mol. The number of rotatable bonds is 9. The molecule has 0 saturated heterocycles. The number of nitrogens with one attached hydrogen (secondary N) is 2. The van der Waals surface area contributed by atoms with E-state index in [0.29, 0.717) is 16.7 Å². The third kappa shape index (κ3) is 5.47. The van der Waals surface area contributed by atoms with Crippen LogP contribution in [-0.4, -0.2) is 37.9 Å². The number of amides is 1. The van der Waals surface area contributed by atoms with E-state index >= 15 is 0 Å². The Morgan fingerprint density at radius 1 is 1.24 bits per heavy atom. The van der Waals surface area contributed by atoms with Crippen LogP contribution in [0.1, 0.15) is 46.7 Å². The topological polar surface area (TPSA) is 101 Å². The number of hydrogen-bond donors (Lipinski definition) is 2. The summed E-state index contributed by atoms with van der Waals surface area (Å²) >= 11 is 3.41. The highest BCUT2D eigenvalue weighted by molar-refractivity contribution is 9.09. The summed E-state index contributed by atoms with van der Waals surface area (Å²) in [7, 11) is -1.94. The second kappa shape index (κ2) is 9.69. The highest BCUT2D eigenvalue weighted by Gasteiger charge is 2.31. The molecule has 0 bridgehead atoms. The van der Waals surface area contributed by atoms with Crippen molar-refractivity contribution in [2.45, 2.75) is 31.6 Å². The van der Waals surface area contributed by atoms with Gasteiger partial charge in [0, 0.05) is 17.9 Å². The van der Waals surface area contributed by atoms with Crippen molar-refractivity contribution in [3.05, 3.63) is 59.2 Å². The summed E-state index contributed by atoms with van der Waals surface area (Å²) in [5.74, 6) is 0.621. The normalized spacial score (nSPS) is 14.2. The summed E-state index contributed by atoms with van der Waals surface area (Å²) in [5, 5.41) is 4.20. The van der Waals surface area contributed by atoms with Gasteiger partial charge in [-0.2, -0.15) is 4.98 Å². The molecular formula is C24H26BrN3O4S. The molecule has 2 heterocycles. The molecular weight excluding hydrogens is 506 g/mol. The van der Waals surface area contributed by atoms with E-state index in [4.69, 9.17) is 4.42 Å². The van der Waals surface area contributed by atoms with Crippen LogP contribution >= 0.6 is 15.9 Å². The maximum absolute atomic E-state index is 12.8. The first kappa shape index (κ1) is 23.5. The Balaban J connectivity index is 1.78. The summed E-state index contributed by atoms with van der Waals surface area (Å²) < 4.78 is 32.3. The number of benzene rings is 1. The van der Waals surface area contributed by atoms with Gasteiger partial charge >= 0.3 is 0 Å². The van der Waals surface area contributed by atoms with Crippen LogP contribution < -0.4 is 10.0 Å². The van der Waals surface area contributed by atoms with Crippen molar-refractivity contribution >= 4 is 48.8 Å². The molecule has 0 aliphatic heterocycles. The van der Waals surface area contributed by atoms with E-state index < -0.39 is 10.0 Å². The van der Waals surface area contributed by atoms with Crippen molar-refractivity contribution in [2.75, 3.05) is 23.4 Å². The quantitative estimate of drug-likeness (QED) is 0.299. The van der Waals surface area contributed by atoms with Gasteiger partial charge in [0.15, 0.2) is 0 Å². The van der Waals surface area contributed by atoms with Crippen molar-refractivity contribution in [3.8, 4) is 11.3 Å². The first-order valence-electron chi connectivity index (χ1n) is 10.8. The second-order valence-corrected chi connectivity index (χ2v) is 10.7. The minimum Gasteiger partial charge on any atom is -0.437 e. The van der Waals surface area contributed by atoms with E-state index in [1.165, 1.54) is 0 Å². The lowest BCUT2D eigenvalue weighted by Gasteiger charge is -2.09. The Hall–Kier alpha value is -2.65. The predicted octanol–water partition coefficient (Wildman–Crippen LogP) is 4.99. The molecule has 0 radical (unpaired) electrons. The predicted molar refractivity (Wildman–Crippen MR) is 135 cm³/mol. The number of furan rings is 1. The Morgan fingerprint density at radius 2 is 1.97 bits per heavy atom. The van der Waals surface area contributed by atoms with E-state index in [-0.39, 0.29) is 23.4 Å². The van der Waals surface area contributed by atoms with Gasteiger partial charge in [-0.1, -0.05) is 52.3 Å². The molecule has 1 fully saturated rings. The Bertz CT molecular complexity index is 1310. The van der Waals surface area contributed by atoms with E-state index in [9.17, 15) is 13.2 Å². The molecule has 0 atom stereocenters. The standard InChI is InChI=1S/C24H26BrN3O4S/c1-26-23(29)20-19-14-18(16-11-12-16)22(28-33(2,30)31)27-24(19)32-21(20)17-9-7-15(8-10-17)6-4-3-5-13-25/h3-4,7-10,14,16H,5-6,11-13H2,1-2H3,(H,26,29)(H,27,28)/b4-3+. The number of carbonyl (C=O) groups excluding carboxylic acids is 1. The van der Waals surface area contributed by atoms with Crippen LogP contribution in [0.25, 0.3) is 22.4 Å². The highest BCUT2D eigenvalue weighted by Crippen LogP contribution is 2.45. The molecule has 1 aliphatic rings. The third-order valence-electron chi connectivity index (χ3n) is 5.48. The first-order chi connectivity index (χ1) is 15.8. The van der Waals surface area contributed by atoms with Gasteiger partial charge in [0.1, 0.15) is 11.6 Å². The summed E-state index contributed by atoms with van der Waals surface area (Å²) in [5.41, 5.74) is 3.32. The fourth-order valence-corrected chi connectivity index (χ4v) is 4.53. The SMILES string of the molecule is CNC(=O)c1c(-c2ccc(C/C=C/CCBr)cc2)oc2nc(NS(C)(=O)=O)c(C3CC3)cc12. The Labute approximate surface area is 201 Å². The van der Waals surface area contributed by atoms with Crippen LogP contribution in [0.2, 0.25) is 0 Å². The van der Waals surface area contributed by atoms with Gasteiger partial charge in [0.2, 0.25) is 15.7 Å². The summed E-state index contributed by atoms with van der Waals surface area (Å²) in [6.45, 7) is 0. The number of hydrogen-bond acceptors (Lipinski definition) is 5. The van der Waals surface area contributed by atoms with Gasteiger partial charge < -0.3 is 9.73 Å². The Kier molecular flexibility index (Phi) is 6.90. The number of aromatic nitrogens is 1. The third-order valence-corrected chi connectivity index (χ3v) is 6.50. The number of carbonyl (C=O) groups is 1. The number of anilines is 1. The molecule has 174 valence electrons. The molecule has 33 heavy (non-hydrogen) atoms. The van der Waals surface area contributed by atoms with Crippen LogP contribution in [0.5, 0.6) is 0 Å². The molecule has 7 nitrogen and oxygen atoms in total. The lowest BCUT2D eigenvalue weighted by Crippen LogP contribution is -2.18. The maximum Gasteiger partial charge on any atom is 0.255 e. The van der Waals surface area contributed by atoms with Crippen molar-refractivity contribution < 1.29 is 17.6 Å². The molecule has 0 unspecified atom stereocenters. The smallest absolute Gasteiger partial charge is 0.255 e. The van der Waals surface area contributed by atoms with Gasteiger partial charge in [-0.3, -0.25) is 9.52 Å². The average Bonchev–Trinajstić information content (AvgIpc) is 3.56. The zero-order valence-corrected chi connectivity index (χ0v) is 20.9. The average molecular weight is 532 g/mol. The number of halogens is 1. The molecule has 2 N–H and O–H groups in total. The van der Waals surface area contributed by atoms with E-state index in [1.54, 1.807) is 7.05 Å². The first-order valence-corrected chi connectivity index (χ1v) is 13.8. The van der Waals surface area contributed by atoms with Crippen molar-refractivity contribution in [1.82, 2.24) is 10.3 Å². The minimum absolute atomic E-state index is 0.221. The van der Waals surface area contributed by atoms with Gasteiger partial charge in [-0.15, -0.1) is 0 Å². The number of alkyl halides is 1. The zero-order chi connectivity index (χ0) is 23.6. The van der Waals surface area contributed by atoms with Gasteiger partial charge in [-0.05, 0) is 48.8 Å². The minimum atomic E-state index is -3.51. The lowest BCUT2D eigenvalue weighted by molar-refractivity contribution is 0.0964. The Morgan fingerprint density at radius 3 is 2.58 bits per heavy atom. The van der Waals surface area contributed by atoms with Crippen molar-refractivity contribution in [2.24, 2.45) is 0 Å². The number of sulfonamides is 1. The van der Waals surface area contributed by atoms with Crippen molar-refractivity contribution in [3.63, 3.8) is 0 Å². The van der Waals surface area contributed by atoms with Crippen LogP contribution in [0.3, 0.4) is 0 Å². The van der Waals surface area contributed by atoms with Crippen LogP contribution in [0, 0.1) is 0 Å². The van der Waals surface area contributed by atoms with E-state index in [0.717, 1.165) is 54.0 Å². The molecule has 1 aromatic carbocycles. The molecule has 3 aromatic rings. The molecule has 1 amide bonds. The van der Waals surface area contributed by atoms with Crippen LogP contribution in [0.15, 0.2) is 46.9 Å². The molecule has 4 rings (SSSR count). The van der Waals surface area contributed by atoms with E-state index in [2.05, 4.69) is 43.1 Å². The van der Waals surface area contributed by atoms with Gasteiger partial charge in [-0.25, -0.2) is 8.42 Å². The van der Waals surface area contributed by atoms with Gasteiger partial charge in [0.05, 0.1) is 17.2 Å². The molecule has 9 heteroatoms. The lowest BCUT2D eigenvalue weighted by atomic mass is 10.0. The van der Waals surface area contributed by atoms with Crippen molar-refractivity contribution in [1.29, 1.82) is 0 Å². The molecule has 0 spiro atoms. The fraction of sp³-hybridized carbons (Fsp3) is 0.333. The summed E-state index contributed by atoms with van der Waals surface area (Å²) in [6, 6.07) is 9.71.